The number of aryl methyl sites for hydroxylation is 1. The van der Waals surface area contributed by atoms with E-state index in [0.717, 1.165) is 18.3 Å². The lowest BCUT2D eigenvalue weighted by molar-refractivity contribution is 0.112. The van der Waals surface area contributed by atoms with Crippen LogP contribution in [0.1, 0.15) is 42.1 Å². The van der Waals surface area contributed by atoms with Crippen LogP contribution in [0, 0.1) is 0 Å². The van der Waals surface area contributed by atoms with Crippen LogP contribution < -0.4 is 0 Å². The summed E-state index contributed by atoms with van der Waals surface area (Å²) in [5.41, 5.74) is 2.09. The van der Waals surface area contributed by atoms with E-state index >= 15 is 0 Å². The van der Waals surface area contributed by atoms with Crippen molar-refractivity contribution >= 4 is 17.1 Å². The van der Waals surface area contributed by atoms with Crippen molar-refractivity contribution in [2.24, 2.45) is 0 Å². The second kappa shape index (κ2) is 5.62. The molecule has 0 aliphatic carbocycles. The summed E-state index contributed by atoms with van der Waals surface area (Å²) in [7, 11) is 0. The molecular formula is C16H18O. The summed E-state index contributed by atoms with van der Waals surface area (Å²) in [6, 6.07) is 12.3. The quantitative estimate of drug-likeness (QED) is 0.546. The minimum Gasteiger partial charge on any atom is -0.298 e. The van der Waals surface area contributed by atoms with Crippen molar-refractivity contribution in [3.05, 3.63) is 47.5 Å². The van der Waals surface area contributed by atoms with Gasteiger partial charge in [-0.2, -0.15) is 0 Å². The minimum atomic E-state index is 0.787. The van der Waals surface area contributed by atoms with E-state index in [-0.39, 0.29) is 0 Å². The van der Waals surface area contributed by atoms with E-state index in [9.17, 15) is 4.79 Å². The van der Waals surface area contributed by atoms with E-state index < -0.39 is 0 Å². The Kier molecular flexibility index (Phi) is 3.92. The van der Waals surface area contributed by atoms with Crippen LogP contribution in [0.3, 0.4) is 0 Å². The molecule has 0 fully saturated rings. The lowest BCUT2D eigenvalue weighted by atomic mass is 9.97. The average Bonchev–Trinajstić information content (AvgIpc) is 2.38. The van der Waals surface area contributed by atoms with Crippen LogP contribution in [0.5, 0.6) is 0 Å². The molecule has 0 heterocycles. The van der Waals surface area contributed by atoms with Gasteiger partial charge in [-0.1, -0.05) is 44.0 Å². The first-order valence-electron chi connectivity index (χ1n) is 6.32. The van der Waals surface area contributed by atoms with Gasteiger partial charge in [-0.25, -0.2) is 0 Å². The molecule has 2 aromatic rings. The van der Waals surface area contributed by atoms with Gasteiger partial charge in [-0.05, 0) is 41.3 Å². The summed E-state index contributed by atoms with van der Waals surface area (Å²) in [5.74, 6) is 0. The number of aldehydes is 1. The lowest BCUT2D eigenvalue weighted by Gasteiger charge is -2.07. The molecule has 0 spiro atoms. The zero-order valence-corrected chi connectivity index (χ0v) is 10.3. The fraction of sp³-hybridized carbons (Fsp3) is 0.312. The van der Waals surface area contributed by atoms with Gasteiger partial charge in [0.25, 0.3) is 0 Å². The van der Waals surface area contributed by atoms with Gasteiger partial charge in [-0.15, -0.1) is 0 Å². The first-order chi connectivity index (χ1) is 8.35. The highest BCUT2D eigenvalue weighted by molar-refractivity contribution is 5.91. The van der Waals surface area contributed by atoms with Crippen LogP contribution >= 0.6 is 0 Å². The van der Waals surface area contributed by atoms with E-state index in [4.69, 9.17) is 0 Å². The van der Waals surface area contributed by atoms with Crippen molar-refractivity contribution < 1.29 is 4.79 Å². The summed E-state index contributed by atoms with van der Waals surface area (Å²) in [5, 5.41) is 2.46. The summed E-state index contributed by atoms with van der Waals surface area (Å²) in [6.45, 7) is 2.21. The van der Waals surface area contributed by atoms with Crippen molar-refractivity contribution in [2.45, 2.75) is 32.6 Å². The molecule has 2 rings (SSSR count). The van der Waals surface area contributed by atoms with Crippen LogP contribution in [0.2, 0.25) is 0 Å². The summed E-state index contributed by atoms with van der Waals surface area (Å²) >= 11 is 0. The molecule has 0 N–H and O–H groups in total. The first kappa shape index (κ1) is 11.8. The number of benzene rings is 2. The highest BCUT2D eigenvalue weighted by atomic mass is 16.1. The van der Waals surface area contributed by atoms with E-state index in [1.165, 1.54) is 35.6 Å². The van der Waals surface area contributed by atoms with Gasteiger partial charge in [0.2, 0.25) is 0 Å². The van der Waals surface area contributed by atoms with Crippen molar-refractivity contribution in [1.82, 2.24) is 0 Å². The number of carbonyl (C=O) groups excluding carboxylic acids is 1. The molecule has 0 aliphatic heterocycles. The first-order valence-corrected chi connectivity index (χ1v) is 6.32. The maximum absolute atomic E-state index is 10.9. The number of hydrogen-bond acceptors (Lipinski definition) is 1. The van der Waals surface area contributed by atoms with E-state index in [1.807, 2.05) is 18.2 Å². The molecule has 1 nitrogen and oxygen atoms in total. The Hall–Kier alpha value is -1.63. The highest BCUT2D eigenvalue weighted by Crippen LogP contribution is 2.22. The molecule has 0 saturated heterocycles. The van der Waals surface area contributed by atoms with Crippen molar-refractivity contribution in [3.63, 3.8) is 0 Å². The Morgan fingerprint density at radius 1 is 1.12 bits per heavy atom. The monoisotopic (exact) mass is 226 g/mol. The van der Waals surface area contributed by atoms with E-state index in [0.29, 0.717) is 0 Å². The van der Waals surface area contributed by atoms with E-state index in [1.54, 1.807) is 0 Å². The Labute approximate surface area is 102 Å². The van der Waals surface area contributed by atoms with Crippen LogP contribution in [-0.2, 0) is 6.42 Å². The third-order valence-corrected chi connectivity index (χ3v) is 3.16. The molecule has 2 aromatic carbocycles. The smallest absolute Gasteiger partial charge is 0.150 e. The molecule has 0 aliphatic rings. The van der Waals surface area contributed by atoms with Gasteiger partial charge in [0.1, 0.15) is 6.29 Å². The molecule has 0 bridgehead atoms. The molecular weight excluding hydrogens is 208 g/mol. The fourth-order valence-corrected chi connectivity index (χ4v) is 2.26. The zero-order chi connectivity index (χ0) is 12.1. The second-order valence-electron chi connectivity index (χ2n) is 4.48. The number of carbonyl (C=O) groups is 1. The SMILES string of the molecule is CCCCCc1cc(C=O)cc2ccccc12. The molecule has 0 aromatic heterocycles. The number of rotatable bonds is 5. The fourth-order valence-electron chi connectivity index (χ4n) is 2.26. The molecule has 17 heavy (non-hydrogen) atoms. The topological polar surface area (TPSA) is 17.1 Å². The van der Waals surface area contributed by atoms with Gasteiger partial charge < -0.3 is 0 Å². The van der Waals surface area contributed by atoms with Gasteiger partial charge in [0.05, 0.1) is 0 Å². The second-order valence-corrected chi connectivity index (χ2v) is 4.48. The van der Waals surface area contributed by atoms with Gasteiger partial charge >= 0.3 is 0 Å². The Morgan fingerprint density at radius 2 is 1.94 bits per heavy atom. The van der Waals surface area contributed by atoms with Gasteiger partial charge in [0.15, 0.2) is 0 Å². The van der Waals surface area contributed by atoms with Gasteiger partial charge in [-0.3, -0.25) is 4.79 Å². The predicted octanol–water partition coefficient (Wildman–Crippen LogP) is 4.39. The Bertz CT molecular complexity index is 514. The average molecular weight is 226 g/mol. The summed E-state index contributed by atoms with van der Waals surface area (Å²) in [6.07, 6.45) is 5.68. The van der Waals surface area contributed by atoms with Crippen molar-refractivity contribution in [2.75, 3.05) is 0 Å². The molecule has 88 valence electrons. The van der Waals surface area contributed by atoms with Crippen molar-refractivity contribution in [3.8, 4) is 0 Å². The molecule has 0 radical (unpaired) electrons. The van der Waals surface area contributed by atoms with E-state index in [2.05, 4.69) is 25.1 Å². The third-order valence-electron chi connectivity index (χ3n) is 3.16. The standard InChI is InChI=1S/C16H18O/c1-2-3-4-7-14-10-13(12-17)11-15-8-5-6-9-16(14)15/h5-6,8-12H,2-4,7H2,1H3. The normalized spacial score (nSPS) is 10.6. The Morgan fingerprint density at radius 3 is 2.71 bits per heavy atom. The van der Waals surface area contributed by atoms with Crippen LogP contribution in [-0.4, -0.2) is 6.29 Å². The minimum absolute atomic E-state index is 0.787. The zero-order valence-electron chi connectivity index (χ0n) is 10.3. The van der Waals surface area contributed by atoms with Crippen LogP contribution in [0.4, 0.5) is 0 Å². The molecule has 1 heteroatoms. The number of unbranched alkanes of at least 4 members (excludes halogenated alkanes) is 2. The Balaban J connectivity index is 2.40. The molecule has 0 amide bonds. The molecule has 0 saturated carbocycles. The van der Waals surface area contributed by atoms with Gasteiger partial charge in [0, 0.05) is 5.56 Å². The number of fused-ring (bicyclic) bond motifs is 1. The molecule has 0 atom stereocenters. The highest BCUT2D eigenvalue weighted by Gasteiger charge is 2.03. The third kappa shape index (κ3) is 2.73. The maximum atomic E-state index is 10.9. The summed E-state index contributed by atoms with van der Waals surface area (Å²) < 4.78 is 0. The lowest BCUT2D eigenvalue weighted by Crippen LogP contribution is -1.91. The van der Waals surface area contributed by atoms with Crippen molar-refractivity contribution in [1.29, 1.82) is 0 Å². The summed E-state index contributed by atoms with van der Waals surface area (Å²) in [4.78, 5) is 10.9. The van der Waals surface area contributed by atoms with Crippen LogP contribution in [0.25, 0.3) is 10.8 Å². The van der Waals surface area contributed by atoms with Crippen LogP contribution in [0.15, 0.2) is 36.4 Å². The maximum Gasteiger partial charge on any atom is 0.150 e. The molecule has 0 unspecified atom stereocenters. The number of hydrogen-bond donors (Lipinski definition) is 0. The predicted molar refractivity (Wildman–Crippen MR) is 72.6 cm³/mol. The largest absolute Gasteiger partial charge is 0.298 e.